The van der Waals surface area contributed by atoms with Gasteiger partial charge in [0.05, 0.1) is 22.1 Å². The maximum atomic E-state index is 10.6. The van der Waals surface area contributed by atoms with E-state index in [9.17, 15) is 5.11 Å². The number of rotatable bonds is 5. The van der Waals surface area contributed by atoms with Gasteiger partial charge in [0.25, 0.3) is 0 Å². The first kappa shape index (κ1) is 25.2. The van der Waals surface area contributed by atoms with Crippen LogP contribution in [0.3, 0.4) is 0 Å². The molecule has 0 spiro atoms. The van der Waals surface area contributed by atoms with E-state index in [-0.39, 0.29) is 5.75 Å². The van der Waals surface area contributed by atoms with Crippen molar-refractivity contribution in [1.29, 1.82) is 0 Å². The molecule has 5 aromatic carbocycles. The van der Waals surface area contributed by atoms with E-state index in [0.717, 1.165) is 49.9 Å². The maximum Gasteiger partial charge on any atom is 0.145 e. The number of furan rings is 1. The molecule has 0 atom stereocenters. The fraction of sp³-hybridized carbons (Fsp3) is 0.162. The Balaban J connectivity index is 1.46. The van der Waals surface area contributed by atoms with Gasteiger partial charge in [0.1, 0.15) is 22.7 Å². The van der Waals surface area contributed by atoms with E-state index < -0.39 is 0 Å². The van der Waals surface area contributed by atoms with Gasteiger partial charge >= 0.3 is 0 Å². The zero-order valence-corrected chi connectivity index (χ0v) is 23.7. The minimum absolute atomic E-state index is 0.227. The van der Waals surface area contributed by atoms with Crippen molar-refractivity contribution in [2.45, 2.75) is 39.5 Å². The van der Waals surface area contributed by atoms with Crippen molar-refractivity contribution < 1.29 is 9.52 Å². The molecule has 0 aliphatic heterocycles. The summed E-state index contributed by atoms with van der Waals surface area (Å²) in [6.07, 6.45) is 0. The van der Waals surface area contributed by atoms with Gasteiger partial charge < -0.3 is 9.52 Å². The zero-order valence-electron chi connectivity index (χ0n) is 23.7. The van der Waals surface area contributed by atoms with Crippen molar-refractivity contribution in [3.05, 3.63) is 114 Å². The number of fused-ring (bicyclic) bond motifs is 4. The molecule has 0 aliphatic carbocycles. The average Bonchev–Trinajstić information content (AvgIpc) is 3.55. The lowest BCUT2D eigenvalue weighted by Gasteiger charge is -2.22. The van der Waals surface area contributed by atoms with E-state index in [1.54, 1.807) is 12.1 Å². The van der Waals surface area contributed by atoms with E-state index in [1.807, 2.05) is 12.1 Å². The molecule has 0 saturated carbocycles. The van der Waals surface area contributed by atoms with Crippen LogP contribution in [-0.2, 0) is 0 Å². The largest absolute Gasteiger partial charge is 0.507 e. The van der Waals surface area contributed by atoms with Crippen molar-refractivity contribution in [1.82, 2.24) is 9.55 Å². The lowest BCUT2D eigenvalue weighted by atomic mass is 9.92. The standard InChI is InChI=1S/C37H32N2O2/c1-22(2)27-12-8-13-28(23(3)4)36(27)39-31-15-6-5-14-30(31)38-37(39)26-11-7-10-24(20-26)25-18-19-33-29(21-25)35-32(40)16-9-17-34(35)41-33/h5-23,40H,1-4H3. The first-order valence-electron chi connectivity index (χ1n) is 14.3. The molecule has 0 unspecified atom stereocenters. The van der Waals surface area contributed by atoms with Crippen molar-refractivity contribution in [3.8, 4) is 34.0 Å². The van der Waals surface area contributed by atoms with Crippen LogP contribution in [0.2, 0.25) is 0 Å². The second-order valence-electron chi connectivity index (χ2n) is 11.4. The number of aromatic nitrogens is 2. The van der Waals surface area contributed by atoms with E-state index in [4.69, 9.17) is 9.40 Å². The predicted octanol–water partition coefficient (Wildman–Crippen LogP) is 10.2. The average molecular weight is 537 g/mol. The van der Waals surface area contributed by atoms with Gasteiger partial charge in [-0.3, -0.25) is 4.57 Å². The molecule has 2 heterocycles. The Kier molecular flexibility index (Phi) is 5.93. The highest BCUT2D eigenvalue weighted by atomic mass is 16.3. The quantitative estimate of drug-likeness (QED) is 0.238. The summed E-state index contributed by atoms with van der Waals surface area (Å²) in [5.41, 5.74) is 10.6. The second kappa shape index (κ2) is 9.67. The summed E-state index contributed by atoms with van der Waals surface area (Å²) in [5, 5.41) is 12.2. The topological polar surface area (TPSA) is 51.2 Å². The number of hydrogen-bond acceptors (Lipinski definition) is 3. The van der Waals surface area contributed by atoms with Gasteiger partial charge in [-0.2, -0.15) is 0 Å². The minimum Gasteiger partial charge on any atom is -0.507 e. The summed E-state index contributed by atoms with van der Waals surface area (Å²) in [5.74, 6) is 1.87. The molecule has 0 bridgehead atoms. The Morgan fingerprint density at radius 1 is 0.659 bits per heavy atom. The third kappa shape index (κ3) is 4.10. The number of nitrogens with zero attached hydrogens (tertiary/aromatic N) is 2. The van der Waals surface area contributed by atoms with E-state index in [1.165, 1.54) is 16.8 Å². The molecular weight excluding hydrogens is 504 g/mol. The Hall–Kier alpha value is -4.83. The molecule has 0 radical (unpaired) electrons. The van der Waals surface area contributed by atoms with Crippen molar-refractivity contribution in [3.63, 3.8) is 0 Å². The molecule has 202 valence electrons. The van der Waals surface area contributed by atoms with Gasteiger partial charge in [0.2, 0.25) is 0 Å². The maximum absolute atomic E-state index is 10.6. The smallest absolute Gasteiger partial charge is 0.145 e. The van der Waals surface area contributed by atoms with E-state index in [0.29, 0.717) is 17.4 Å². The molecule has 0 saturated heterocycles. The lowest BCUT2D eigenvalue weighted by molar-refractivity contribution is 0.481. The molecule has 7 aromatic rings. The van der Waals surface area contributed by atoms with Gasteiger partial charge in [-0.1, -0.05) is 88.4 Å². The third-order valence-electron chi connectivity index (χ3n) is 8.05. The van der Waals surface area contributed by atoms with E-state index >= 15 is 0 Å². The SMILES string of the molecule is CC(C)c1cccc(C(C)C)c1-n1c(-c2cccc(-c3ccc4oc5cccc(O)c5c4c3)c2)nc2ccccc21. The van der Waals surface area contributed by atoms with Crippen LogP contribution < -0.4 is 0 Å². The fourth-order valence-corrected chi connectivity index (χ4v) is 6.04. The van der Waals surface area contributed by atoms with Crippen LogP contribution in [0, 0.1) is 0 Å². The van der Waals surface area contributed by atoms with Crippen LogP contribution in [0.25, 0.3) is 61.2 Å². The highest BCUT2D eigenvalue weighted by molar-refractivity contribution is 6.09. The lowest BCUT2D eigenvalue weighted by Crippen LogP contribution is -2.08. The number of benzene rings is 5. The van der Waals surface area contributed by atoms with Gasteiger partial charge in [0.15, 0.2) is 0 Å². The van der Waals surface area contributed by atoms with Crippen LogP contribution in [0.4, 0.5) is 0 Å². The van der Waals surface area contributed by atoms with Crippen LogP contribution in [-0.4, -0.2) is 14.7 Å². The molecule has 1 N–H and O–H groups in total. The first-order chi connectivity index (χ1) is 19.9. The molecular formula is C37H32N2O2. The molecule has 4 heteroatoms. The highest BCUT2D eigenvalue weighted by Crippen LogP contribution is 2.40. The molecule has 2 aromatic heterocycles. The Morgan fingerprint density at radius 3 is 2.12 bits per heavy atom. The number of aromatic hydroxyl groups is 1. The summed E-state index contributed by atoms with van der Waals surface area (Å²) < 4.78 is 8.37. The van der Waals surface area contributed by atoms with Crippen molar-refractivity contribution in [2.24, 2.45) is 0 Å². The molecule has 7 rings (SSSR count). The number of phenolic OH excluding ortho intramolecular Hbond substituents is 1. The Morgan fingerprint density at radius 2 is 1.34 bits per heavy atom. The number of para-hydroxylation sites is 3. The van der Waals surface area contributed by atoms with Gasteiger partial charge in [-0.05, 0) is 76.6 Å². The van der Waals surface area contributed by atoms with Gasteiger partial charge in [-0.25, -0.2) is 4.98 Å². The van der Waals surface area contributed by atoms with E-state index in [2.05, 4.69) is 111 Å². The Labute approximate surface area is 239 Å². The van der Waals surface area contributed by atoms with Crippen LogP contribution in [0.5, 0.6) is 5.75 Å². The molecule has 0 fully saturated rings. The van der Waals surface area contributed by atoms with Gasteiger partial charge in [-0.15, -0.1) is 0 Å². The first-order valence-corrected chi connectivity index (χ1v) is 14.3. The zero-order chi connectivity index (χ0) is 28.2. The second-order valence-corrected chi connectivity index (χ2v) is 11.4. The summed E-state index contributed by atoms with van der Waals surface area (Å²) in [6, 6.07) is 35.2. The number of phenols is 1. The third-order valence-corrected chi connectivity index (χ3v) is 8.05. The van der Waals surface area contributed by atoms with Crippen LogP contribution in [0.1, 0.15) is 50.7 Å². The van der Waals surface area contributed by atoms with Crippen molar-refractivity contribution in [2.75, 3.05) is 0 Å². The summed E-state index contributed by atoms with van der Waals surface area (Å²) in [4.78, 5) is 5.20. The minimum atomic E-state index is 0.227. The highest BCUT2D eigenvalue weighted by Gasteiger charge is 2.22. The number of hydrogen-bond donors (Lipinski definition) is 1. The van der Waals surface area contributed by atoms with Crippen LogP contribution in [0.15, 0.2) is 108 Å². The summed E-state index contributed by atoms with van der Waals surface area (Å²) >= 11 is 0. The van der Waals surface area contributed by atoms with Crippen molar-refractivity contribution >= 4 is 33.0 Å². The predicted molar refractivity (Wildman–Crippen MR) is 169 cm³/mol. The Bertz CT molecular complexity index is 2050. The summed E-state index contributed by atoms with van der Waals surface area (Å²) in [6.45, 7) is 9.04. The number of imidazole rings is 1. The molecule has 0 aliphatic rings. The van der Waals surface area contributed by atoms with Gasteiger partial charge in [0, 0.05) is 10.9 Å². The normalized spacial score (nSPS) is 12.0. The molecule has 4 nitrogen and oxygen atoms in total. The molecule has 41 heavy (non-hydrogen) atoms. The fourth-order valence-electron chi connectivity index (χ4n) is 6.04. The molecule has 0 amide bonds. The monoisotopic (exact) mass is 536 g/mol. The van der Waals surface area contributed by atoms with Crippen LogP contribution >= 0.6 is 0 Å². The summed E-state index contributed by atoms with van der Waals surface area (Å²) in [7, 11) is 0.